The molecular weight excluding hydrogens is 292 g/mol. The zero-order valence-electron chi connectivity index (χ0n) is 13.1. The fourth-order valence-corrected chi connectivity index (χ4v) is 2.98. The molecule has 0 spiro atoms. The summed E-state index contributed by atoms with van der Waals surface area (Å²) in [6.07, 6.45) is 6.40. The molecule has 1 aliphatic carbocycles. The van der Waals surface area contributed by atoms with Crippen LogP contribution in [0.15, 0.2) is 41.0 Å². The zero-order chi connectivity index (χ0) is 16.1. The van der Waals surface area contributed by atoms with Crippen LogP contribution in [-0.4, -0.2) is 28.1 Å². The molecule has 3 rings (SSSR count). The predicted molar refractivity (Wildman–Crippen MR) is 86.7 cm³/mol. The number of hydrogen-bond donors (Lipinski definition) is 2. The van der Waals surface area contributed by atoms with E-state index in [1.807, 2.05) is 30.3 Å². The van der Waals surface area contributed by atoms with Crippen LogP contribution in [0.3, 0.4) is 0 Å². The van der Waals surface area contributed by atoms with Crippen LogP contribution in [0.5, 0.6) is 0 Å². The summed E-state index contributed by atoms with van der Waals surface area (Å²) in [5.41, 5.74) is 0.736. The summed E-state index contributed by atoms with van der Waals surface area (Å²) in [7, 11) is 0. The predicted octanol–water partition coefficient (Wildman–Crippen LogP) is 2.70. The first-order chi connectivity index (χ1) is 11.1. The van der Waals surface area contributed by atoms with Crippen LogP contribution in [-0.2, 0) is 11.2 Å². The number of hydrogen-bond acceptors (Lipinski definition) is 4. The van der Waals surface area contributed by atoms with E-state index in [1.165, 1.54) is 6.26 Å². The van der Waals surface area contributed by atoms with Crippen molar-refractivity contribution in [3.8, 4) is 11.5 Å². The minimum absolute atomic E-state index is 0.142. The van der Waals surface area contributed by atoms with Gasteiger partial charge in [-0.2, -0.15) is 0 Å². The van der Waals surface area contributed by atoms with Crippen molar-refractivity contribution in [2.45, 2.75) is 44.1 Å². The third-order valence-corrected chi connectivity index (χ3v) is 4.31. The summed E-state index contributed by atoms with van der Waals surface area (Å²) in [4.78, 5) is 16.4. The minimum Gasteiger partial charge on any atom is -0.444 e. The molecule has 5 nitrogen and oxygen atoms in total. The molecule has 0 radical (unpaired) electrons. The Morgan fingerprint density at radius 2 is 1.96 bits per heavy atom. The standard InChI is InChI=1S/C18H22N2O3/c21-16(19-13-18(22)9-5-2-6-10-18)11-15-12-23-17(20-15)14-7-3-1-4-8-14/h1,3-4,7-8,12,22H,2,5-6,9-11,13H2,(H,19,21). The van der Waals surface area contributed by atoms with E-state index in [1.54, 1.807) is 0 Å². The van der Waals surface area contributed by atoms with Gasteiger partial charge >= 0.3 is 0 Å². The quantitative estimate of drug-likeness (QED) is 0.890. The van der Waals surface area contributed by atoms with Gasteiger partial charge in [-0.1, -0.05) is 37.5 Å². The molecule has 0 saturated heterocycles. The van der Waals surface area contributed by atoms with E-state index in [0.717, 1.165) is 37.7 Å². The molecule has 0 atom stereocenters. The van der Waals surface area contributed by atoms with E-state index in [-0.39, 0.29) is 12.3 Å². The number of benzene rings is 1. The van der Waals surface area contributed by atoms with Crippen molar-refractivity contribution in [1.29, 1.82) is 0 Å². The lowest BCUT2D eigenvalue weighted by Gasteiger charge is -2.32. The van der Waals surface area contributed by atoms with Crippen LogP contribution in [0.25, 0.3) is 11.5 Å². The second kappa shape index (κ2) is 6.96. The number of oxazole rings is 1. The number of aromatic nitrogens is 1. The Hall–Kier alpha value is -2.14. The van der Waals surface area contributed by atoms with Crippen LogP contribution in [0, 0.1) is 0 Å². The molecule has 1 aromatic carbocycles. The second-order valence-electron chi connectivity index (χ2n) is 6.25. The summed E-state index contributed by atoms with van der Waals surface area (Å²) in [6, 6.07) is 9.58. The lowest BCUT2D eigenvalue weighted by molar-refractivity contribution is -0.122. The molecule has 1 aromatic heterocycles. The van der Waals surface area contributed by atoms with Crippen molar-refractivity contribution in [3.63, 3.8) is 0 Å². The van der Waals surface area contributed by atoms with Crippen LogP contribution in [0.2, 0.25) is 0 Å². The number of aliphatic hydroxyl groups is 1. The van der Waals surface area contributed by atoms with E-state index in [0.29, 0.717) is 18.1 Å². The molecule has 1 aliphatic rings. The van der Waals surface area contributed by atoms with Gasteiger partial charge in [0.1, 0.15) is 6.26 Å². The Morgan fingerprint density at radius 1 is 1.22 bits per heavy atom. The van der Waals surface area contributed by atoms with Crippen molar-refractivity contribution in [1.82, 2.24) is 10.3 Å². The Bertz CT molecular complexity index is 645. The first-order valence-corrected chi connectivity index (χ1v) is 8.14. The highest BCUT2D eigenvalue weighted by Crippen LogP contribution is 2.27. The highest BCUT2D eigenvalue weighted by atomic mass is 16.3. The number of nitrogens with one attached hydrogen (secondary N) is 1. The average molecular weight is 314 g/mol. The highest BCUT2D eigenvalue weighted by molar-refractivity contribution is 5.78. The van der Waals surface area contributed by atoms with Crippen molar-refractivity contribution < 1.29 is 14.3 Å². The highest BCUT2D eigenvalue weighted by Gasteiger charge is 2.29. The van der Waals surface area contributed by atoms with E-state index in [9.17, 15) is 9.90 Å². The molecular formula is C18H22N2O3. The summed E-state index contributed by atoms with van der Waals surface area (Å²) >= 11 is 0. The van der Waals surface area contributed by atoms with E-state index >= 15 is 0 Å². The monoisotopic (exact) mass is 314 g/mol. The number of nitrogens with zero attached hydrogens (tertiary/aromatic N) is 1. The largest absolute Gasteiger partial charge is 0.444 e. The fourth-order valence-electron chi connectivity index (χ4n) is 2.98. The minimum atomic E-state index is -0.743. The summed E-state index contributed by atoms with van der Waals surface area (Å²) in [5.74, 6) is 0.371. The Morgan fingerprint density at radius 3 is 2.70 bits per heavy atom. The normalized spacial score (nSPS) is 16.9. The molecule has 0 aliphatic heterocycles. The van der Waals surface area contributed by atoms with Gasteiger partial charge in [0.25, 0.3) is 0 Å². The smallest absolute Gasteiger partial charge is 0.226 e. The fraction of sp³-hybridized carbons (Fsp3) is 0.444. The molecule has 2 aromatic rings. The number of carbonyl (C=O) groups excluding carboxylic acids is 1. The molecule has 1 heterocycles. The van der Waals surface area contributed by atoms with Gasteiger partial charge in [-0.3, -0.25) is 4.79 Å². The Labute approximate surface area is 135 Å². The van der Waals surface area contributed by atoms with Crippen LogP contribution < -0.4 is 5.32 Å². The van der Waals surface area contributed by atoms with Crippen molar-refractivity contribution in [2.24, 2.45) is 0 Å². The zero-order valence-corrected chi connectivity index (χ0v) is 13.1. The van der Waals surface area contributed by atoms with Crippen molar-refractivity contribution in [3.05, 3.63) is 42.3 Å². The molecule has 122 valence electrons. The van der Waals surface area contributed by atoms with Gasteiger partial charge in [0, 0.05) is 12.1 Å². The molecule has 2 N–H and O–H groups in total. The first kappa shape index (κ1) is 15.7. The molecule has 1 saturated carbocycles. The van der Waals surface area contributed by atoms with Gasteiger partial charge < -0.3 is 14.8 Å². The molecule has 0 bridgehead atoms. The Balaban J connectivity index is 1.53. The molecule has 23 heavy (non-hydrogen) atoms. The lowest BCUT2D eigenvalue weighted by atomic mass is 9.85. The number of rotatable bonds is 5. The van der Waals surface area contributed by atoms with Crippen LogP contribution in [0.4, 0.5) is 0 Å². The molecule has 0 unspecified atom stereocenters. The third kappa shape index (κ3) is 4.20. The van der Waals surface area contributed by atoms with Gasteiger partial charge in [0.15, 0.2) is 0 Å². The molecule has 1 amide bonds. The topological polar surface area (TPSA) is 75.4 Å². The van der Waals surface area contributed by atoms with Gasteiger partial charge in [-0.05, 0) is 25.0 Å². The number of carbonyl (C=O) groups is 1. The maximum atomic E-state index is 12.0. The summed E-state index contributed by atoms with van der Waals surface area (Å²) in [6.45, 7) is 0.315. The SMILES string of the molecule is O=C(Cc1coc(-c2ccccc2)n1)NCC1(O)CCCCC1. The van der Waals surface area contributed by atoms with Crippen molar-refractivity contribution in [2.75, 3.05) is 6.54 Å². The van der Waals surface area contributed by atoms with Gasteiger partial charge in [0.05, 0.1) is 17.7 Å². The van der Waals surface area contributed by atoms with Gasteiger partial charge in [-0.15, -0.1) is 0 Å². The van der Waals surface area contributed by atoms with E-state index in [2.05, 4.69) is 10.3 Å². The van der Waals surface area contributed by atoms with E-state index < -0.39 is 5.60 Å². The maximum absolute atomic E-state index is 12.0. The van der Waals surface area contributed by atoms with Crippen molar-refractivity contribution >= 4 is 5.91 Å². The van der Waals surface area contributed by atoms with Crippen LogP contribution >= 0.6 is 0 Å². The molecule has 5 heteroatoms. The third-order valence-electron chi connectivity index (χ3n) is 4.31. The number of amides is 1. The first-order valence-electron chi connectivity index (χ1n) is 8.14. The summed E-state index contributed by atoms with van der Waals surface area (Å²) < 4.78 is 5.43. The lowest BCUT2D eigenvalue weighted by Crippen LogP contribution is -2.44. The summed E-state index contributed by atoms with van der Waals surface area (Å²) in [5, 5.41) is 13.2. The average Bonchev–Trinajstić information content (AvgIpc) is 3.03. The van der Waals surface area contributed by atoms with Crippen LogP contribution in [0.1, 0.15) is 37.8 Å². The maximum Gasteiger partial charge on any atom is 0.226 e. The van der Waals surface area contributed by atoms with Gasteiger partial charge in [0.2, 0.25) is 11.8 Å². The second-order valence-corrected chi connectivity index (χ2v) is 6.25. The van der Waals surface area contributed by atoms with Gasteiger partial charge in [-0.25, -0.2) is 4.98 Å². The van der Waals surface area contributed by atoms with E-state index in [4.69, 9.17) is 4.42 Å². The molecule has 1 fully saturated rings. The Kier molecular flexibility index (Phi) is 4.76.